The van der Waals surface area contributed by atoms with Crippen LogP contribution in [0.25, 0.3) is 0 Å². The van der Waals surface area contributed by atoms with Crippen LogP contribution in [-0.2, 0) is 9.53 Å². The van der Waals surface area contributed by atoms with Crippen molar-refractivity contribution in [3.63, 3.8) is 0 Å². The number of carbonyl (C=O) groups is 3. The van der Waals surface area contributed by atoms with Crippen LogP contribution in [-0.4, -0.2) is 30.6 Å². The van der Waals surface area contributed by atoms with E-state index in [0.29, 0.717) is 5.69 Å². The Hall–Kier alpha value is -3.35. The fourth-order valence-electron chi connectivity index (χ4n) is 2.92. The molecule has 0 aromatic heterocycles. The highest BCUT2D eigenvalue weighted by Crippen LogP contribution is 2.27. The van der Waals surface area contributed by atoms with E-state index in [1.807, 2.05) is 52.8 Å². The maximum atomic E-state index is 12.5. The monoisotopic (exact) mass is 411 g/mol. The highest BCUT2D eigenvalue weighted by atomic mass is 16.5. The number of carbonyl (C=O) groups excluding carboxylic acids is 3. The lowest BCUT2D eigenvalue weighted by molar-refractivity contribution is -0.119. The van der Waals surface area contributed by atoms with Gasteiger partial charge in [0.15, 0.2) is 6.61 Å². The third-order valence-electron chi connectivity index (χ3n) is 4.34. The number of anilines is 2. The Balaban J connectivity index is 2.03. The van der Waals surface area contributed by atoms with Crippen LogP contribution >= 0.6 is 0 Å². The minimum atomic E-state index is -0.695. The largest absolute Gasteiger partial charge is 0.452 e. The van der Waals surface area contributed by atoms with Gasteiger partial charge in [-0.05, 0) is 49.9 Å². The quantitative estimate of drug-likeness (QED) is 0.587. The van der Waals surface area contributed by atoms with E-state index in [1.165, 1.54) is 6.07 Å². The first kappa shape index (κ1) is 22.9. The number of aryl methyl sites for hydroxylation is 1. The maximum absolute atomic E-state index is 12.5. The van der Waals surface area contributed by atoms with E-state index < -0.39 is 24.5 Å². The van der Waals surface area contributed by atoms with Gasteiger partial charge in [0.05, 0.1) is 11.3 Å². The first-order valence-corrected chi connectivity index (χ1v) is 9.92. The van der Waals surface area contributed by atoms with Gasteiger partial charge in [-0.1, -0.05) is 44.2 Å². The number of esters is 1. The van der Waals surface area contributed by atoms with Crippen LogP contribution in [0.1, 0.15) is 55.1 Å². The third kappa shape index (κ3) is 6.34. The molecule has 160 valence electrons. The number of urea groups is 1. The van der Waals surface area contributed by atoms with Crippen LogP contribution < -0.4 is 16.0 Å². The average Bonchev–Trinajstić information content (AvgIpc) is 2.67. The lowest BCUT2D eigenvalue weighted by Gasteiger charge is -2.16. The summed E-state index contributed by atoms with van der Waals surface area (Å²) in [6.07, 6.45) is 0. The molecule has 0 radical (unpaired) electrons. The SMILES string of the molecule is Cc1cccc(C(C)C)c1NC(=O)COC(=O)c1ccccc1NC(=O)NC(C)C. The van der Waals surface area contributed by atoms with Gasteiger partial charge in [-0.2, -0.15) is 0 Å². The molecule has 0 saturated carbocycles. The number of para-hydroxylation sites is 2. The molecule has 0 atom stereocenters. The third-order valence-corrected chi connectivity index (χ3v) is 4.34. The van der Waals surface area contributed by atoms with Crippen LogP contribution in [0.4, 0.5) is 16.2 Å². The van der Waals surface area contributed by atoms with E-state index in [4.69, 9.17) is 4.74 Å². The normalized spacial score (nSPS) is 10.6. The van der Waals surface area contributed by atoms with E-state index in [9.17, 15) is 14.4 Å². The van der Waals surface area contributed by atoms with Gasteiger partial charge in [0.2, 0.25) is 0 Å². The Labute approximate surface area is 177 Å². The summed E-state index contributed by atoms with van der Waals surface area (Å²) in [5.74, 6) is -0.889. The van der Waals surface area contributed by atoms with Crippen molar-refractivity contribution in [1.29, 1.82) is 0 Å². The smallest absolute Gasteiger partial charge is 0.340 e. The van der Waals surface area contributed by atoms with Crippen LogP contribution in [0.15, 0.2) is 42.5 Å². The van der Waals surface area contributed by atoms with Crippen LogP contribution in [0, 0.1) is 6.92 Å². The summed E-state index contributed by atoms with van der Waals surface area (Å²) >= 11 is 0. The van der Waals surface area contributed by atoms with E-state index in [-0.39, 0.29) is 17.5 Å². The van der Waals surface area contributed by atoms with Gasteiger partial charge in [0.25, 0.3) is 5.91 Å². The van der Waals surface area contributed by atoms with Crippen molar-refractivity contribution in [2.45, 2.75) is 46.6 Å². The predicted molar refractivity (Wildman–Crippen MR) is 118 cm³/mol. The van der Waals surface area contributed by atoms with Crippen molar-refractivity contribution in [1.82, 2.24) is 5.32 Å². The number of benzene rings is 2. The van der Waals surface area contributed by atoms with Crippen LogP contribution in [0.5, 0.6) is 0 Å². The van der Waals surface area contributed by atoms with Crippen molar-refractivity contribution in [2.24, 2.45) is 0 Å². The summed E-state index contributed by atoms with van der Waals surface area (Å²) in [5.41, 5.74) is 3.16. The number of rotatable bonds is 7. The molecule has 30 heavy (non-hydrogen) atoms. The second-order valence-electron chi connectivity index (χ2n) is 7.62. The first-order chi connectivity index (χ1) is 14.2. The van der Waals surface area contributed by atoms with Crippen molar-refractivity contribution in [2.75, 3.05) is 17.2 Å². The highest BCUT2D eigenvalue weighted by Gasteiger charge is 2.17. The maximum Gasteiger partial charge on any atom is 0.340 e. The molecule has 3 amide bonds. The molecule has 0 aliphatic carbocycles. The molecule has 2 rings (SSSR count). The summed E-state index contributed by atoms with van der Waals surface area (Å²) in [5, 5.41) is 8.15. The zero-order chi connectivity index (χ0) is 22.3. The first-order valence-electron chi connectivity index (χ1n) is 9.92. The van der Waals surface area contributed by atoms with E-state index in [0.717, 1.165) is 16.8 Å². The molecular formula is C23H29N3O4. The van der Waals surface area contributed by atoms with Crippen LogP contribution in [0.2, 0.25) is 0 Å². The summed E-state index contributed by atoms with van der Waals surface area (Å²) < 4.78 is 5.18. The molecule has 0 heterocycles. The molecule has 3 N–H and O–H groups in total. The Morgan fingerprint density at radius 3 is 2.30 bits per heavy atom. The molecule has 0 fully saturated rings. The van der Waals surface area contributed by atoms with Gasteiger partial charge in [0.1, 0.15) is 0 Å². The molecule has 2 aromatic rings. The van der Waals surface area contributed by atoms with Crippen molar-refractivity contribution in [3.8, 4) is 0 Å². The lowest BCUT2D eigenvalue weighted by atomic mass is 9.98. The summed E-state index contributed by atoms with van der Waals surface area (Å²) in [6.45, 7) is 9.23. The summed E-state index contributed by atoms with van der Waals surface area (Å²) in [7, 11) is 0. The standard InChI is InChI=1S/C23H29N3O4/c1-14(2)17-11-8-9-16(5)21(17)26-20(27)13-30-22(28)18-10-6-7-12-19(18)25-23(29)24-15(3)4/h6-12,14-15H,13H2,1-5H3,(H,26,27)(H2,24,25,29). The Kier molecular flexibility index (Phi) is 7.98. The Bertz CT molecular complexity index is 922. The molecule has 0 unspecified atom stereocenters. The second kappa shape index (κ2) is 10.4. The predicted octanol–water partition coefficient (Wildman–Crippen LogP) is 4.44. The molecule has 7 nitrogen and oxygen atoms in total. The minimum Gasteiger partial charge on any atom is -0.452 e. The molecule has 7 heteroatoms. The number of nitrogens with one attached hydrogen (secondary N) is 3. The molecule has 0 aliphatic heterocycles. The minimum absolute atomic E-state index is 0.0509. The fourth-order valence-corrected chi connectivity index (χ4v) is 2.92. The van der Waals surface area contributed by atoms with Crippen LogP contribution in [0.3, 0.4) is 0 Å². The Morgan fingerprint density at radius 1 is 0.933 bits per heavy atom. The van der Waals surface area contributed by atoms with Crippen molar-refractivity contribution >= 4 is 29.3 Å². The summed E-state index contributed by atoms with van der Waals surface area (Å²) in [6, 6.07) is 11.8. The van der Waals surface area contributed by atoms with E-state index >= 15 is 0 Å². The average molecular weight is 412 g/mol. The van der Waals surface area contributed by atoms with Gasteiger partial charge >= 0.3 is 12.0 Å². The van der Waals surface area contributed by atoms with Gasteiger partial charge in [-0.3, -0.25) is 4.79 Å². The van der Waals surface area contributed by atoms with Gasteiger partial charge < -0.3 is 20.7 Å². The highest BCUT2D eigenvalue weighted by molar-refractivity contribution is 6.02. The number of hydrogen-bond donors (Lipinski definition) is 3. The molecular weight excluding hydrogens is 382 g/mol. The molecule has 0 spiro atoms. The van der Waals surface area contributed by atoms with Gasteiger partial charge in [-0.15, -0.1) is 0 Å². The Morgan fingerprint density at radius 2 is 1.63 bits per heavy atom. The number of ether oxygens (including phenoxy) is 1. The van der Waals surface area contributed by atoms with Crippen molar-refractivity contribution < 1.29 is 19.1 Å². The molecule has 0 bridgehead atoms. The van der Waals surface area contributed by atoms with Gasteiger partial charge in [-0.25, -0.2) is 9.59 Å². The zero-order valence-corrected chi connectivity index (χ0v) is 18.0. The van der Waals surface area contributed by atoms with E-state index in [2.05, 4.69) is 16.0 Å². The molecule has 0 aliphatic rings. The fraction of sp³-hybridized carbons (Fsp3) is 0.348. The van der Waals surface area contributed by atoms with Crippen molar-refractivity contribution in [3.05, 3.63) is 59.2 Å². The number of hydrogen-bond acceptors (Lipinski definition) is 4. The van der Waals surface area contributed by atoms with Gasteiger partial charge in [0, 0.05) is 11.7 Å². The lowest BCUT2D eigenvalue weighted by Crippen LogP contribution is -2.34. The zero-order valence-electron chi connectivity index (χ0n) is 18.0. The second-order valence-corrected chi connectivity index (χ2v) is 7.62. The topological polar surface area (TPSA) is 96.5 Å². The summed E-state index contributed by atoms with van der Waals surface area (Å²) in [4.78, 5) is 36.8. The molecule has 0 saturated heterocycles. The van der Waals surface area contributed by atoms with E-state index in [1.54, 1.807) is 18.2 Å². The number of amides is 3. The molecule has 2 aromatic carbocycles.